The van der Waals surface area contributed by atoms with Gasteiger partial charge in [0, 0.05) is 11.7 Å². The van der Waals surface area contributed by atoms with Gasteiger partial charge in [0.05, 0.1) is 5.56 Å². The molecule has 0 heterocycles. The summed E-state index contributed by atoms with van der Waals surface area (Å²) < 4.78 is 0. The quantitative estimate of drug-likeness (QED) is 0.838. The normalized spacial score (nSPS) is 11.9. The number of aromatic carboxylic acids is 1. The Balaban J connectivity index is 1.91. The van der Waals surface area contributed by atoms with Crippen molar-refractivity contribution in [1.29, 1.82) is 0 Å². The first-order valence-corrected chi connectivity index (χ1v) is 7.20. The van der Waals surface area contributed by atoms with E-state index in [2.05, 4.69) is 43.4 Å². The van der Waals surface area contributed by atoms with Gasteiger partial charge >= 0.3 is 5.97 Å². The molecule has 2 N–H and O–H groups in total. The zero-order valence-corrected chi connectivity index (χ0v) is 12.5. The fourth-order valence-corrected chi connectivity index (χ4v) is 2.35. The monoisotopic (exact) mass is 283 g/mol. The first-order valence-electron chi connectivity index (χ1n) is 7.20. The third-order valence-corrected chi connectivity index (χ3v) is 3.47. The summed E-state index contributed by atoms with van der Waals surface area (Å²) in [7, 11) is 0. The summed E-state index contributed by atoms with van der Waals surface area (Å²) in [6.45, 7) is 4.21. The molecule has 0 aliphatic carbocycles. The zero-order chi connectivity index (χ0) is 15.2. The van der Waals surface area contributed by atoms with Crippen LogP contribution in [0, 0.1) is 6.92 Å². The molecule has 2 aromatic rings. The molecule has 0 amide bonds. The van der Waals surface area contributed by atoms with Gasteiger partial charge in [-0.3, -0.25) is 0 Å². The number of carbonyl (C=O) groups is 1. The Morgan fingerprint density at radius 3 is 2.67 bits per heavy atom. The van der Waals surface area contributed by atoms with Crippen molar-refractivity contribution in [3.63, 3.8) is 0 Å². The molecule has 0 saturated carbocycles. The Kier molecular flexibility index (Phi) is 4.99. The second-order valence-electron chi connectivity index (χ2n) is 5.46. The molecule has 110 valence electrons. The van der Waals surface area contributed by atoms with Crippen molar-refractivity contribution in [1.82, 2.24) is 0 Å². The van der Waals surface area contributed by atoms with E-state index in [4.69, 9.17) is 5.11 Å². The molecular weight excluding hydrogens is 262 g/mol. The minimum atomic E-state index is -0.897. The molecule has 0 bridgehead atoms. The largest absolute Gasteiger partial charge is 0.478 e. The van der Waals surface area contributed by atoms with Crippen molar-refractivity contribution in [2.45, 2.75) is 32.7 Å². The highest BCUT2D eigenvalue weighted by atomic mass is 16.4. The number of aryl methyl sites for hydroxylation is 2. The van der Waals surface area contributed by atoms with E-state index in [1.807, 2.05) is 6.07 Å². The van der Waals surface area contributed by atoms with Gasteiger partial charge in [0.1, 0.15) is 0 Å². The molecule has 3 nitrogen and oxygen atoms in total. The zero-order valence-electron chi connectivity index (χ0n) is 12.5. The maximum absolute atomic E-state index is 11.0. The third kappa shape index (κ3) is 4.63. The maximum Gasteiger partial charge on any atom is 0.335 e. The van der Waals surface area contributed by atoms with E-state index in [0.717, 1.165) is 18.5 Å². The number of benzene rings is 2. The fourth-order valence-electron chi connectivity index (χ4n) is 2.35. The van der Waals surface area contributed by atoms with Crippen LogP contribution in [0.25, 0.3) is 0 Å². The molecule has 3 heteroatoms. The molecule has 0 aliphatic heterocycles. The van der Waals surface area contributed by atoms with Crippen molar-refractivity contribution in [2.75, 3.05) is 5.32 Å². The van der Waals surface area contributed by atoms with Crippen LogP contribution < -0.4 is 5.32 Å². The smallest absolute Gasteiger partial charge is 0.335 e. The molecular formula is C18H21NO2. The Bertz CT molecular complexity index is 622. The van der Waals surface area contributed by atoms with Crippen molar-refractivity contribution in [3.05, 3.63) is 65.2 Å². The van der Waals surface area contributed by atoms with Gasteiger partial charge in [0.2, 0.25) is 0 Å². The van der Waals surface area contributed by atoms with Crippen LogP contribution in [0.2, 0.25) is 0 Å². The maximum atomic E-state index is 11.0. The van der Waals surface area contributed by atoms with E-state index < -0.39 is 5.97 Å². The van der Waals surface area contributed by atoms with Gasteiger partial charge in [0.25, 0.3) is 0 Å². The first kappa shape index (κ1) is 15.1. The number of carboxylic acid groups (broad SMARTS) is 1. The van der Waals surface area contributed by atoms with Crippen LogP contribution in [-0.2, 0) is 6.42 Å². The third-order valence-electron chi connectivity index (χ3n) is 3.47. The summed E-state index contributed by atoms with van der Waals surface area (Å²) in [5, 5.41) is 12.4. The lowest BCUT2D eigenvalue weighted by molar-refractivity contribution is 0.0697. The second kappa shape index (κ2) is 6.93. The topological polar surface area (TPSA) is 49.3 Å². The second-order valence-corrected chi connectivity index (χ2v) is 5.46. The van der Waals surface area contributed by atoms with Gasteiger partial charge in [-0.2, -0.15) is 0 Å². The molecule has 2 rings (SSSR count). The van der Waals surface area contributed by atoms with Gasteiger partial charge in [-0.15, -0.1) is 0 Å². The summed E-state index contributed by atoms with van der Waals surface area (Å²) >= 11 is 0. The van der Waals surface area contributed by atoms with Gasteiger partial charge in [-0.05, 0) is 50.5 Å². The van der Waals surface area contributed by atoms with Crippen LogP contribution in [0.15, 0.2) is 48.5 Å². The Hall–Kier alpha value is -2.29. The Labute approximate surface area is 125 Å². The average Bonchev–Trinajstić information content (AvgIpc) is 2.45. The minimum Gasteiger partial charge on any atom is -0.478 e. The molecule has 0 saturated heterocycles. The number of hydrogen-bond acceptors (Lipinski definition) is 2. The predicted octanol–water partition coefficient (Wildman–Crippen LogP) is 4.13. The van der Waals surface area contributed by atoms with Crippen molar-refractivity contribution >= 4 is 11.7 Å². The highest BCUT2D eigenvalue weighted by Gasteiger charge is 2.06. The van der Waals surface area contributed by atoms with Gasteiger partial charge in [0.15, 0.2) is 0 Å². The van der Waals surface area contributed by atoms with Crippen LogP contribution in [0.3, 0.4) is 0 Å². The summed E-state index contributed by atoms with van der Waals surface area (Å²) in [6.07, 6.45) is 2.01. The van der Waals surface area contributed by atoms with E-state index in [0.29, 0.717) is 5.56 Å². The van der Waals surface area contributed by atoms with Gasteiger partial charge < -0.3 is 10.4 Å². The number of carboxylic acids is 1. The number of nitrogens with one attached hydrogen (secondary N) is 1. The molecule has 0 aliphatic rings. The first-order chi connectivity index (χ1) is 10.0. The molecule has 0 spiro atoms. The minimum absolute atomic E-state index is 0.287. The van der Waals surface area contributed by atoms with Crippen molar-refractivity contribution < 1.29 is 9.90 Å². The highest BCUT2D eigenvalue weighted by molar-refractivity contribution is 5.88. The van der Waals surface area contributed by atoms with E-state index >= 15 is 0 Å². The summed E-state index contributed by atoms with van der Waals surface area (Å²) in [5.74, 6) is -0.897. The summed E-state index contributed by atoms with van der Waals surface area (Å²) in [5.41, 5.74) is 3.78. The van der Waals surface area contributed by atoms with Crippen LogP contribution in [0.4, 0.5) is 5.69 Å². The summed E-state index contributed by atoms with van der Waals surface area (Å²) in [6, 6.07) is 15.8. The molecule has 0 radical (unpaired) electrons. The number of anilines is 1. The lowest BCUT2D eigenvalue weighted by atomic mass is 10.0. The number of rotatable bonds is 6. The van der Waals surface area contributed by atoms with Crippen LogP contribution in [0.5, 0.6) is 0 Å². The average molecular weight is 283 g/mol. The molecule has 0 aromatic heterocycles. The van der Waals surface area contributed by atoms with E-state index in [1.165, 1.54) is 11.1 Å². The predicted molar refractivity (Wildman–Crippen MR) is 86.0 cm³/mol. The van der Waals surface area contributed by atoms with Crippen molar-refractivity contribution in [3.8, 4) is 0 Å². The van der Waals surface area contributed by atoms with Gasteiger partial charge in [-0.1, -0.05) is 35.9 Å². The molecule has 1 unspecified atom stereocenters. The Morgan fingerprint density at radius 2 is 1.95 bits per heavy atom. The summed E-state index contributed by atoms with van der Waals surface area (Å²) in [4.78, 5) is 11.0. The lowest BCUT2D eigenvalue weighted by Crippen LogP contribution is -2.16. The number of hydrogen-bond donors (Lipinski definition) is 2. The fraction of sp³-hybridized carbons (Fsp3) is 0.278. The van der Waals surface area contributed by atoms with E-state index in [-0.39, 0.29) is 6.04 Å². The molecule has 1 atom stereocenters. The van der Waals surface area contributed by atoms with Crippen LogP contribution >= 0.6 is 0 Å². The highest BCUT2D eigenvalue weighted by Crippen LogP contribution is 2.14. The molecule has 21 heavy (non-hydrogen) atoms. The Morgan fingerprint density at radius 1 is 1.19 bits per heavy atom. The van der Waals surface area contributed by atoms with Crippen LogP contribution in [0.1, 0.15) is 34.8 Å². The lowest BCUT2D eigenvalue weighted by Gasteiger charge is -2.15. The van der Waals surface area contributed by atoms with Crippen molar-refractivity contribution in [2.24, 2.45) is 0 Å². The van der Waals surface area contributed by atoms with E-state index in [1.54, 1.807) is 18.2 Å². The molecule has 0 fully saturated rings. The molecule has 2 aromatic carbocycles. The van der Waals surface area contributed by atoms with Crippen LogP contribution in [-0.4, -0.2) is 17.1 Å². The van der Waals surface area contributed by atoms with E-state index in [9.17, 15) is 4.79 Å². The SMILES string of the molecule is Cc1cccc(CCC(C)Nc2cccc(C(=O)O)c2)c1. The standard InChI is InChI=1S/C18H21NO2/c1-13-5-3-6-15(11-13)10-9-14(2)19-17-8-4-7-16(12-17)18(20)21/h3-8,11-12,14,19H,9-10H2,1-2H3,(H,20,21). The van der Waals surface area contributed by atoms with Gasteiger partial charge in [-0.25, -0.2) is 4.79 Å².